The molecule has 0 saturated carbocycles. The summed E-state index contributed by atoms with van der Waals surface area (Å²) in [5.41, 5.74) is 2.76. The lowest BCUT2D eigenvalue weighted by molar-refractivity contribution is 0.0963. The van der Waals surface area contributed by atoms with Crippen molar-refractivity contribution in [2.75, 3.05) is 12.0 Å². The Labute approximate surface area is 180 Å². The Morgan fingerprint density at radius 1 is 0.903 bits per heavy atom. The molecular weight excluding hydrogens is 388 g/mol. The van der Waals surface area contributed by atoms with Gasteiger partial charge in [-0.15, -0.1) is 0 Å². The van der Waals surface area contributed by atoms with Crippen LogP contribution in [-0.2, 0) is 0 Å². The molecule has 0 unspecified atom stereocenters. The van der Waals surface area contributed by atoms with Gasteiger partial charge in [0.15, 0.2) is 0 Å². The summed E-state index contributed by atoms with van der Waals surface area (Å²) in [6, 6.07) is 27.4. The van der Waals surface area contributed by atoms with E-state index in [0.29, 0.717) is 23.7 Å². The molecule has 2 heterocycles. The first-order valence-corrected chi connectivity index (χ1v) is 10.2. The van der Waals surface area contributed by atoms with Crippen LogP contribution in [0, 0.1) is 0 Å². The number of hydrogen-bond donors (Lipinski definition) is 0. The largest absolute Gasteiger partial charge is 0.497 e. The van der Waals surface area contributed by atoms with Gasteiger partial charge < -0.3 is 4.74 Å². The predicted octanol–water partition coefficient (Wildman–Crippen LogP) is 4.67. The molecule has 6 heteroatoms. The highest BCUT2D eigenvalue weighted by Crippen LogP contribution is 2.42. The van der Waals surface area contributed by atoms with Gasteiger partial charge in [-0.2, -0.15) is 10.1 Å². The first kappa shape index (κ1) is 19.1. The summed E-state index contributed by atoms with van der Waals surface area (Å²) >= 11 is 0. The van der Waals surface area contributed by atoms with E-state index in [1.54, 1.807) is 24.1 Å². The number of carbonyl (C=O) groups is 1. The Morgan fingerprint density at radius 2 is 1.58 bits per heavy atom. The zero-order valence-corrected chi connectivity index (χ0v) is 17.1. The predicted molar refractivity (Wildman–Crippen MR) is 118 cm³/mol. The zero-order chi connectivity index (χ0) is 21.2. The Morgan fingerprint density at radius 3 is 2.26 bits per heavy atom. The van der Waals surface area contributed by atoms with Gasteiger partial charge in [0.05, 0.1) is 19.2 Å². The zero-order valence-electron chi connectivity index (χ0n) is 17.1. The summed E-state index contributed by atoms with van der Waals surface area (Å²) in [4.78, 5) is 20.0. The van der Waals surface area contributed by atoms with Crippen molar-refractivity contribution in [1.29, 1.82) is 0 Å². The highest BCUT2D eigenvalue weighted by Gasteiger charge is 2.39. The molecule has 0 bridgehead atoms. The normalized spacial score (nSPS) is 17.8. The molecule has 0 fully saturated rings. The number of rotatable bonds is 4. The molecule has 0 radical (unpaired) electrons. The van der Waals surface area contributed by atoms with Gasteiger partial charge >= 0.3 is 0 Å². The second-order valence-corrected chi connectivity index (χ2v) is 7.50. The average Bonchev–Trinajstić information content (AvgIpc) is 3.33. The van der Waals surface area contributed by atoms with E-state index in [4.69, 9.17) is 4.74 Å². The summed E-state index contributed by atoms with van der Waals surface area (Å²) in [5, 5.41) is 4.49. The Balaban J connectivity index is 1.64. The Kier molecular flexibility index (Phi) is 4.96. The SMILES string of the molecule is COc1cccc(C(=O)N2c3ncnn3[C@H](c3ccccc3)C[C@@H]2c2ccccc2)c1. The van der Waals surface area contributed by atoms with Crippen LogP contribution in [0.25, 0.3) is 0 Å². The minimum absolute atomic E-state index is 0.0155. The van der Waals surface area contributed by atoms with E-state index in [9.17, 15) is 4.79 Å². The second kappa shape index (κ2) is 8.07. The Hall–Kier alpha value is -3.93. The lowest BCUT2D eigenvalue weighted by atomic mass is 9.91. The Bertz CT molecular complexity index is 1190. The van der Waals surface area contributed by atoms with E-state index in [1.165, 1.54) is 6.33 Å². The number of anilines is 1. The number of hydrogen-bond acceptors (Lipinski definition) is 4. The molecule has 3 aromatic carbocycles. The van der Waals surface area contributed by atoms with Crippen LogP contribution in [0.5, 0.6) is 5.75 Å². The number of methoxy groups -OCH3 is 1. The van der Waals surface area contributed by atoms with Crippen molar-refractivity contribution in [3.8, 4) is 5.75 Å². The van der Waals surface area contributed by atoms with Crippen LogP contribution < -0.4 is 9.64 Å². The third-order valence-electron chi connectivity index (χ3n) is 5.73. The highest BCUT2D eigenvalue weighted by molar-refractivity contribution is 6.06. The average molecular weight is 410 g/mol. The summed E-state index contributed by atoms with van der Waals surface area (Å²) in [6.45, 7) is 0. The van der Waals surface area contributed by atoms with E-state index in [-0.39, 0.29) is 18.0 Å². The van der Waals surface area contributed by atoms with Gasteiger partial charge in [0.25, 0.3) is 5.91 Å². The first-order chi connectivity index (χ1) is 15.3. The number of ether oxygens (including phenoxy) is 1. The monoisotopic (exact) mass is 410 g/mol. The summed E-state index contributed by atoms with van der Waals surface area (Å²) in [5.74, 6) is 1.05. The third-order valence-corrected chi connectivity index (χ3v) is 5.73. The van der Waals surface area contributed by atoms with Crippen LogP contribution in [0.2, 0.25) is 0 Å². The van der Waals surface area contributed by atoms with Crippen molar-refractivity contribution in [3.05, 3.63) is 108 Å². The van der Waals surface area contributed by atoms with Gasteiger partial charge in [0.2, 0.25) is 5.95 Å². The molecule has 0 aliphatic carbocycles. The number of benzene rings is 3. The molecule has 1 aliphatic heterocycles. The standard InChI is InChI=1S/C25H22N4O2/c1-31-21-14-8-13-20(15-21)24(30)28-22(18-9-4-2-5-10-18)16-23(19-11-6-3-7-12-19)29-25(28)26-17-27-29/h2-15,17,22-23H,16H2,1H3/t22-,23+/m1/s1. The van der Waals surface area contributed by atoms with E-state index in [0.717, 1.165) is 11.1 Å². The third kappa shape index (κ3) is 3.46. The van der Waals surface area contributed by atoms with Crippen LogP contribution in [0.4, 0.5) is 5.95 Å². The van der Waals surface area contributed by atoms with Crippen molar-refractivity contribution >= 4 is 11.9 Å². The molecule has 0 saturated heterocycles. The van der Waals surface area contributed by atoms with Crippen LogP contribution in [0.3, 0.4) is 0 Å². The van der Waals surface area contributed by atoms with Gasteiger partial charge in [0.1, 0.15) is 12.1 Å². The molecule has 4 aromatic rings. The number of amides is 1. The van der Waals surface area contributed by atoms with E-state index in [1.807, 2.05) is 53.2 Å². The number of nitrogens with zero attached hydrogens (tertiary/aromatic N) is 4. The minimum Gasteiger partial charge on any atom is -0.497 e. The fourth-order valence-electron chi connectivity index (χ4n) is 4.23. The van der Waals surface area contributed by atoms with Crippen LogP contribution >= 0.6 is 0 Å². The topological polar surface area (TPSA) is 60.2 Å². The van der Waals surface area contributed by atoms with Crippen molar-refractivity contribution in [2.45, 2.75) is 18.5 Å². The maximum Gasteiger partial charge on any atom is 0.261 e. The fourth-order valence-corrected chi connectivity index (χ4v) is 4.23. The van der Waals surface area contributed by atoms with Crippen molar-refractivity contribution in [1.82, 2.24) is 14.8 Å². The van der Waals surface area contributed by atoms with E-state index >= 15 is 0 Å². The van der Waals surface area contributed by atoms with Gasteiger partial charge in [-0.05, 0) is 35.7 Å². The maximum absolute atomic E-state index is 13.7. The number of carbonyl (C=O) groups excluding carboxylic acids is 1. The molecule has 1 aliphatic rings. The number of fused-ring (bicyclic) bond motifs is 1. The molecule has 5 rings (SSSR count). The smallest absolute Gasteiger partial charge is 0.261 e. The molecule has 2 atom stereocenters. The van der Waals surface area contributed by atoms with E-state index in [2.05, 4.69) is 34.3 Å². The fraction of sp³-hybridized carbons (Fsp3) is 0.160. The van der Waals surface area contributed by atoms with E-state index < -0.39 is 0 Å². The number of aromatic nitrogens is 3. The summed E-state index contributed by atoms with van der Waals surface area (Å²) in [6.07, 6.45) is 2.21. The molecule has 31 heavy (non-hydrogen) atoms. The second-order valence-electron chi connectivity index (χ2n) is 7.50. The molecule has 6 nitrogen and oxygen atoms in total. The van der Waals surface area contributed by atoms with Crippen LogP contribution in [0.1, 0.15) is 40.0 Å². The lowest BCUT2D eigenvalue weighted by Crippen LogP contribution is -2.42. The molecule has 0 spiro atoms. The van der Waals surface area contributed by atoms with Crippen molar-refractivity contribution < 1.29 is 9.53 Å². The van der Waals surface area contributed by atoms with Gasteiger partial charge in [-0.25, -0.2) is 4.68 Å². The maximum atomic E-state index is 13.7. The molecular formula is C25H22N4O2. The van der Waals surface area contributed by atoms with Crippen LogP contribution in [-0.4, -0.2) is 27.8 Å². The molecule has 1 amide bonds. The molecule has 0 N–H and O–H groups in total. The lowest BCUT2D eigenvalue weighted by Gasteiger charge is -2.39. The quantitative estimate of drug-likeness (QED) is 0.491. The summed E-state index contributed by atoms with van der Waals surface area (Å²) in [7, 11) is 1.60. The summed E-state index contributed by atoms with van der Waals surface area (Å²) < 4.78 is 7.18. The highest BCUT2D eigenvalue weighted by atomic mass is 16.5. The minimum atomic E-state index is -0.179. The first-order valence-electron chi connectivity index (χ1n) is 10.2. The van der Waals surface area contributed by atoms with Gasteiger partial charge in [-0.1, -0.05) is 66.7 Å². The molecule has 1 aromatic heterocycles. The van der Waals surface area contributed by atoms with Crippen molar-refractivity contribution in [3.63, 3.8) is 0 Å². The van der Waals surface area contributed by atoms with Gasteiger partial charge in [-0.3, -0.25) is 9.69 Å². The van der Waals surface area contributed by atoms with Crippen molar-refractivity contribution in [2.24, 2.45) is 0 Å². The molecule has 154 valence electrons. The van der Waals surface area contributed by atoms with Gasteiger partial charge in [0, 0.05) is 5.56 Å². The van der Waals surface area contributed by atoms with Crippen LogP contribution in [0.15, 0.2) is 91.3 Å².